The van der Waals surface area contributed by atoms with Crippen LogP contribution in [0.15, 0.2) is 60.7 Å². The van der Waals surface area contributed by atoms with Gasteiger partial charge >= 0.3 is 0 Å². The van der Waals surface area contributed by atoms with Crippen LogP contribution in [0, 0.1) is 0 Å². The number of carbonyl (C=O) groups is 2. The van der Waals surface area contributed by atoms with Gasteiger partial charge in [-0.25, -0.2) is 0 Å². The summed E-state index contributed by atoms with van der Waals surface area (Å²) in [5.74, 6) is -1.26. The third kappa shape index (κ3) is 2.77. The summed E-state index contributed by atoms with van der Waals surface area (Å²) >= 11 is 12.4. The van der Waals surface area contributed by atoms with Gasteiger partial charge in [-0.05, 0) is 29.8 Å². The van der Waals surface area contributed by atoms with Crippen LogP contribution in [0.1, 0.15) is 43.5 Å². The molecule has 3 heterocycles. The van der Waals surface area contributed by atoms with Gasteiger partial charge in [0.2, 0.25) is 35.7 Å². The van der Waals surface area contributed by atoms with Crippen molar-refractivity contribution in [2.75, 3.05) is 6.79 Å². The second kappa shape index (κ2) is 7.52. The van der Waals surface area contributed by atoms with E-state index in [0.29, 0.717) is 27.8 Å². The Morgan fingerprint density at radius 3 is 2.24 bits per heavy atom. The van der Waals surface area contributed by atoms with Gasteiger partial charge in [0.25, 0.3) is 0 Å². The summed E-state index contributed by atoms with van der Waals surface area (Å²) in [6.45, 7) is 0.0382. The number of hydrogen-bond acceptors (Lipinski definition) is 7. The highest BCUT2D eigenvalue weighted by Crippen LogP contribution is 2.60. The van der Waals surface area contributed by atoms with Gasteiger partial charge in [0, 0.05) is 17.2 Å². The van der Waals surface area contributed by atoms with Crippen LogP contribution < -0.4 is 9.47 Å². The highest BCUT2D eigenvalue weighted by molar-refractivity contribution is 6.42. The molecule has 0 radical (unpaired) electrons. The van der Waals surface area contributed by atoms with Crippen LogP contribution in [0.25, 0.3) is 5.69 Å². The zero-order valence-corrected chi connectivity index (χ0v) is 20.2. The number of aromatic nitrogens is 1. The van der Waals surface area contributed by atoms with E-state index in [4.69, 9.17) is 37.4 Å². The van der Waals surface area contributed by atoms with Crippen molar-refractivity contribution in [3.63, 3.8) is 0 Å². The molecule has 10 heteroatoms. The summed E-state index contributed by atoms with van der Waals surface area (Å²) in [5.41, 5.74) is -1.15. The van der Waals surface area contributed by atoms with Crippen LogP contribution >= 0.6 is 23.2 Å². The van der Waals surface area contributed by atoms with E-state index in [2.05, 4.69) is 0 Å². The molecule has 4 aromatic rings. The van der Waals surface area contributed by atoms with E-state index >= 15 is 0 Å². The summed E-state index contributed by atoms with van der Waals surface area (Å²) in [6, 6.07) is 15.9. The van der Waals surface area contributed by atoms with Gasteiger partial charge in [0.1, 0.15) is 6.10 Å². The highest BCUT2D eigenvalue weighted by Gasteiger charge is 2.64. The Morgan fingerprint density at radius 2 is 1.54 bits per heavy atom. The molecule has 37 heavy (non-hydrogen) atoms. The standard InChI is InChI=1S/C27H15Cl2NO7/c28-16-7-5-12(9-17(16)29)22-20-21(27(37-22)23(31)14-3-1-2-4-15(14)24(27)32)26(34)30(25(20)33)13-6-8-18-19(10-13)36-11-35-18/h1-10,22,33-34H,11H2. The van der Waals surface area contributed by atoms with Crippen molar-refractivity contribution in [2.24, 2.45) is 0 Å². The Morgan fingerprint density at radius 1 is 0.838 bits per heavy atom. The summed E-state index contributed by atoms with van der Waals surface area (Å²) < 4.78 is 18.2. The van der Waals surface area contributed by atoms with Gasteiger partial charge in [-0.2, -0.15) is 0 Å². The number of halogens is 2. The van der Waals surface area contributed by atoms with Crippen LogP contribution in [0.5, 0.6) is 23.3 Å². The molecule has 184 valence electrons. The lowest BCUT2D eigenvalue weighted by Gasteiger charge is -2.24. The van der Waals surface area contributed by atoms with E-state index in [1.807, 2.05) is 0 Å². The molecule has 8 nitrogen and oxygen atoms in total. The Bertz CT molecular complexity index is 1660. The summed E-state index contributed by atoms with van der Waals surface area (Å²) in [7, 11) is 0. The molecule has 7 rings (SSSR count). The normalized spacial score (nSPS) is 18.5. The minimum atomic E-state index is -2.20. The van der Waals surface area contributed by atoms with Gasteiger partial charge in [0.05, 0.1) is 26.9 Å². The molecule has 1 unspecified atom stereocenters. The molecule has 0 amide bonds. The van der Waals surface area contributed by atoms with Gasteiger partial charge in [-0.3, -0.25) is 14.2 Å². The van der Waals surface area contributed by atoms with Crippen molar-refractivity contribution < 1.29 is 34.0 Å². The topological polar surface area (TPSA) is 107 Å². The quantitative estimate of drug-likeness (QED) is 0.334. The lowest BCUT2D eigenvalue weighted by Crippen LogP contribution is -2.38. The second-order valence-corrected chi connectivity index (χ2v) is 9.68. The predicted molar refractivity (Wildman–Crippen MR) is 131 cm³/mol. The molecule has 0 fully saturated rings. The van der Waals surface area contributed by atoms with Crippen molar-refractivity contribution in [3.8, 4) is 28.9 Å². The molecule has 0 bridgehead atoms. The van der Waals surface area contributed by atoms with E-state index < -0.39 is 35.0 Å². The van der Waals surface area contributed by atoms with Gasteiger partial charge in [-0.1, -0.05) is 53.5 Å². The Labute approximate surface area is 219 Å². The van der Waals surface area contributed by atoms with Gasteiger partial charge < -0.3 is 24.4 Å². The molecular formula is C27H15Cl2NO7. The maximum absolute atomic E-state index is 13.8. The number of fused-ring (bicyclic) bond motifs is 4. The monoisotopic (exact) mass is 535 g/mol. The molecule has 1 atom stereocenters. The van der Waals surface area contributed by atoms with Crippen molar-refractivity contribution >= 4 is 34.8 Å². The molecular weight excluding hydrogens is 521 g/mol. The second-order valence-electron chi connectivity index (χ2n) is 8.87. The first kappa shape index (κ1) is 22.2. The minimum Gasteiger partial charge on any atom is -0.494 e. The van der Waals surface area contributed by atoms with Crippen molar-refractivity contribution in [3.05, 3.63) is 98.5 Å². The first-order valence-corrected chi connectivity index (χ1v) is 12.0. The molecule has 0 saturated heterocycles. The van der Waals surface area contributed by atoms with E-state index in [0.717, 1.165) is 4.57 Å². The van der Waals surface area contributed by atoms with E-state index in [1.54, 1.807) is 42.5 Å². The minimum absolute atomic E-state index is 0.0382. The van der Waals surface area contributed by atoms with E-state index in [1.165, 1.54) is 18.2 Å². The molecule has 2 N–H and O–H groups in total. The molecule has 1 aromatic heterocycles. The molecule has 3 aliphatic rings. The lowest BCUT2D eigenvalue weighted by atomic mass is 9.88. The van der Waals surface area contributed by atoms with Gasteiger partial charge in [-0.15, -0.1) is 0 Å². The number of nitrogens with zero attached hydrogens (tertiary/aromatic N) is 1. The van der Waals surface area contributed by atoms with Crippen LogP contribution in [0.4, 0.5) is 0 Å². The molecule has 2 aliphatic heterocycles. The number of aromatic hydroxyl groups is 2. The summed E-state index contributed by atoms with van der Waals surface area (Å²) in [5, 5.41) is 23.5. The third-order valence-electron chi connectivity index (χ3n) is 6.98. The predicted octanol–water partition coefficient (Wildman–Crippen LogP) is 5.32. The third-order valence-corrected chi connectivity index (χ3v) is 7.72. The Balaban J connectivity index is 1.51. The van der Waals surface area contributed by atoms with E-state index in [9.17, 15) is 19.8 Å². The zero-order valence-electron chi connectivity index (χ0n) is 18.7. The maximum Gasteiger partial charge on any atom is 0.231 e. The number of rotatable bonds is 2. The van der Waals surface area contributed by atoms with Crippen LogP contribution in [0.2, 0.25) is 10.0 Å². The SMILES string of the molecule is O=C1c2ccccc2C(=O)C12OC(c1ccc(Cl)c(Cl)c1)c1c2c(O)n(-c2ccc3c(c2)OCO3)c1O. The van der Waals surface area contributed by atoms with Crippen molar-refractivity contribution in [2.45, 2.75) is 11.7 Å². The van der Waals surface area contributed by atoms with E-state index in [-0.39, 0.29) is 34.1 Å². The molecule has 1 aliphatic carbocycles. The van der Waals surface area contributed by atoms with Crippen LogP contribution in [0.3, 0.4) is 0 Å². The number of carbonyl (C=O) groups excluding carboxylic acids is 2. The maximum atomic E-state index is 13.8. The first-order chi connectivity index (χ1) is 17.8. The number of hydrogen-bond donors (Lipinski definition) is 2. The number of ether oxygens (including phenoxy) is 3. The summed E-state index contributed by atoms with van der Waals surface area (Å²) in [6.07, 6.45) is -1.12. The smallest absolute Gasteiger partial charge is 0.231 e. The number of benzene rings is 3. The van der Waals surface area contributed by atoms with Crippen molar-refractivity contribution in [1.82, 2.24) is 4.57 Å². The zero-order chi connectivity index (χ0) is 25.6. The number of ketones is 2. The highest BCUT2D eigenvalue weighted by atomic mass is 35.5. The lowest BCUT2D eigenvalue weighted by molar-refractivity contribution is -0.0231. The van der Waals surface area contributed by atoms with Gasteiger partial charge in [0.15, 0.2) is 11.5 Å². The first-order valence-electron chi connectivity index (χ1n) is 11.2. The van der Waals surface area contributed by atoms with Crippen molar-refractivity contribution in [1.29, 1.82) is 0 Å². The largest absolute Gasteiger partial charge is 0.494 e. The average molecular weight is 536 g/mol. The molecule has 3 aromatic carbocycles. The Kier molecular flexibility index (Phi) is 4.52. The van der Waals surface area contributed by atoms with Crippen LogP contribution in [-0.4, -0.2) is 33.1 Å². The van der Waals surface area contributed by atoms with Crippen LogP contribution in [-0.2, 0) is 10.3 Å². The fourth-order valence-corrected chi connectivity index (χ4v) is 5.64. The molecule has 1 spiro atoms. The Hall–Kier alpha value is -3.98. The fourth-order valence-electron chi connectivity index (χ4n) is 5.33. The summed E-state index contributed by atoms with van der Waals surface area (Å²) in [4.78, 5) is 27.6. The fraction of sp³-hybridized carbons (Fsp3) is 0.111. The number of Topliss-reactive ketones (excluding diaryl/α,β-unsaturated/α-hetero) is 2. The average Bonchev–Trinajstić information content (AvgIpc) is 3.62. The molecule has 0 saturated carbocycles.